The molecule has 232 valence electrons. The Morgan fingerprint density at radius 1 is 1.07 bits per heavy atom. The number of amides is 1. The van der Waals surface area contributed by atoms with E-state index in [2.05, 4.69) is 4.72 Å². The molecule has 0 saturated carbocycles. The molecule has 3 aromatic carbocycles. The number of methoxy groups -OCH3 is 1. The van der Waals surface area contributed by atoms with Gasteiger partial charge in [0.25, 0.3) is 15.9 Å². The molecule has 1 aliphatic heterocycles. The van der Waals surface area contributed by atoms with Gasteiger partial charge in [0, 0.05) is 25.2 Å². The Labute approximate surface area is 250 Å². The zero-order valence-corrected chi connectivity index (χ0v) is 25.7. The largest absolute Gasteiger partial charge is 0.497 e. The predicted octanol–water partition coefficient (Wildman–Crippen LogP) is 3.18. The van der Waals surface area contributed by atoms with Gasteiger partial charge in [-0.25, -0.2) is 21.2 Å². The number of halogens is 1. The quantitative estimate of drug-likeness (QED) is 0.346. The minimum absolute atomic E-state index is 0.0163. The van der Waals surface area contributed by atoms with Crippen LogP contribution in [0, 0.1) is 11.7 Å². The van der Waals surface area contributed by atoms with Gasteiger partial charge in [0.2, 0.25) is 10.0 Å². The topological polar surface area (TPSA) is 143 Å². The van der Waals surface area contributed by atoms with Crippen LogP contribution < -0.4 is 14.2 Å². The van der Waals surface area contributed by atoms with Crippen LogP contribution in [0.3, 0.4) is 0 Å². The predicted molar refractivity (Wildman–Crippen MR) is 158 cm³/mol. The summed E-state index contributed by atoms with van der Waals surface area (Å²) >= 11 is 0. The highest BCUT2D eigenvalue weighted by atomic mass is 32.2. The summed E-state index contributed by atoms with van der Waals surface area (Å²) in [6, 6.07) is 13.9. The number of carbonyl (C=O) groups is 1. The summed E-state index contributed by atoms with van der Waals surface area (Å²) in [5.41, 5.74) is 0.139. The number of ether oxygens (including phenoxy) is 2. The molecule has 2 N–H and O–H groups in total. The molecule has 4 rings (SSSR count). The summed E-state index contributed by atoms with van der Waals surface area (Å²) in [7, 11) is -5.18. The van der Waals surface area contributed by atoms with E-state index in [-0.39, 0.29) is 52.4 Å². The molecule has 43 heavy (non-hydrogen) atoms. The average molecular weight is 636 g/mol. The lowest BCUT2D eigenvalue weighted by Crippen LogP contribution is -2.50. The fourth-order valence-electron chi connectivity index (χ4n) is 4.61. The summed E-state index contributed by atoms with van der Waals surface area (Å²) in [5.74, 6) is -0.828. The summed E-state index contributed by atoms with van der Waals surface area (Å²) in [5, 5.41) is 9.90. The number of aliphatic hydroxyl groups is 1. The molecule has 1 heterocycles. The van der Waals surface area contributed by atoms with E-state index in [1.54, 1.807) is 13.8 Å². The SMILES string of the molecule is COc1ccc(S(=O)(=O)Nc2ccc3c(c2)C(=O)N([C@@H](C)CO)C[C@H](C)[C@H](CN(C)S(=O)(=O)c2ccc(F)cc2)O3)cc1. The summed E-state index contributed by atoms with van der Waals surface area (Å²) in [6.07, 6.45) is -0.748. The molecule has 0 aromatic heterocycles. The molecule has 14 heteroatoms. The lowest BCUT2D eigenvalue weighted by molar-refractivity contribution is 0.0387. The first-order chi connectivity index (χ1) is 20.3. The zero-order chi connectivity index (χ0) is 31.5. The first-order valence-electron chi connectivity index (χ1n) is 13.4. The van der Waals surface area contributed by atoms with Crippen molar-refractivity contribution in [3.8, 4) is 11.5 Å². The number of nitrogens with zero attached hydrogens (tertiary/aromatic N) is 2. The van der Waals surface area contributed by atoms with Gasteiger partial charge in [0.1, 0.15) is 23.4 Å². The van der Waals surface area contributed by atoms with Crippen LogP contribution >= 0.6 is 0 Å². The van der Waals surface area contributed by atoms with Gasteiger partial charge in [-0.05, 0) is 73.7 Å². The standard InChI is InChI=1S/C29H34FN3O8S2/c1-19-16-33(20(2)18-34)29(35)26-15-22(31-42(36,37)24-12-8-23(40-4)9-13-24)7-14-27(26)41-28(19)17-32(3)43(38,39)25-10-5-21(30)6-11-25/h5-15,19-20,28,31,34H,16-18H2,1-4H3/t19-,20-,28-/m0/s1. The van der Waals surface area contributed by atoms with Crippen LogP contribution in [0.1, 0.15) is 24.2 Å². The number of hydrogen-bond acceptors (Lipinski definition) is 8. The Hall–Kier alpha value is -3.72. The van der Waals surface area contributed by atoms with E-state index in [1.807, 2.05) is 0 Å². The Morgan fingerprint density at radius 3 is 2.30 bits per heavy atom. The highest BCUT2D eigenvalue weighted by molar-refractivity contribution is 7.92. The smallest absolute Gasteiger partial charge is 0.261 e. The second kappa shape index (κ2) is 12.9. The van der Waals surface area contributed by atoms with Crippen molar-refractivity contribution in [1.82, 2.24) is 9.21 Å². The van der Waals surface area contributed by atoms with Gasteiger partial charge in [-0.1, -0.05) is 6.92 Å². The Morgan fingerprint density at radius 2 is 1.70 bits per heavy atom. The zero-order valence-electron chi connectivity index (χ0n) is 24.1. The van der Waals surface area contributed by atoms with E-state index in [9.17, 15) is 31.1 Å². The molecule has 0 radical (unpaired) electrons. The van der Waals surface area contributed by atoms with E-state index >= 15 is 0 Å². The van der Waals surface area contributed by atoms with E-state index in [0.29, 0.717) is 5.75 Å². The third-order valence-electron chi connectivity index (χ3n) is 7.25. The maximum Gasteiger partial charge on any atom is 0.261 e. The molecule has 11 nitrogen and oxygen atoms in total. The maximum atomic E-state index is 13.7. The van der Waals surface area contributed by atoms with Crippen molar-refractivity contribution < 1.29 is 40.6 Å². The number of nitrogens with one attached hydrogen (secondary N) is 1. The van der Waals surface area contributed by atoms with Gasteiger partial charge in [-0.3, -0.25) is 9.52 Å². The van der Waals surface area contributed by atoms with Crippen LogP contribution in [0.4, 0.5) is 10.1 Å². The number of rotatable bonds is 10. The van der Waals surface area contributed by atoms with E-state index in [4.69, 9.17) is 9.47 Å². The number of benzene rings is 3. The second-order valence-electron chi connectivity index (χ2n) is 10.4. The van der Waals surface area contributed by atoms with Crippen LogP contribution in [0.25, 0.3) is 0 Å². The molecular weight excluding hydrogens is 601 g/mol. The van der Waals surface area contributed by atoms with Gasteiger partial charge in [-0.2, -0.15) is 4.31 Å². The van der Waals surface area contributed by atoms with Gasteiger partial charge < -0.3 is 19.5 Å². The number of likely N-dealkylation sites (N-methyl/N-ethyl adjacent to an activating group) is 1. The van der Waals surface area contributed by atoms with E-state index in [0.717, 1.165) is 16.4 Å². The van der Waals surface area contributed by atoms with Crippen molar-refractivity contribution in [2.75, 3.05) is 38.6 Å². The molecule has 0 saturated heterocycles. The van der Waals surface area contributed by atoms with Crippen molar-refractivity contribution in [2.45, 2.75) is 35.8 Å². The second-order valence-corrected chi connectivity index (χ2v) is 14.1. The normalized spacial score (nSPS) is 18.3. The van der Waals surface area contributed by atoms with Gasteiger partial charge >= 0.3 is 0 Å². The van der Waals surface area contributed by atoms with Gasteiger partial charge in [0.15, 0.2) is 0 Å². The highest BCUT2D eigenvalue weighted by Crippen LogP contribution is 2.32. The molecule has 1 amide bonds. The molecule has 3 atom stereocenters. The summed E-state index contributed by atoms with van der Waals surface area (Å²) in [6.45, 7) is 3.15. The number of hydrogen-bond donors (Lipinski definition) is 2. The van der Waals surface area contributed by atoms with Gasteiger partial charge in [0.05, 0.1) is 41.7 Å². The molecule has 3 aromatic rings. The first-order valence-corrected chi connectivity index (χ1v) is 16.3. The fraction of sp³-hybridized carbons (Fsp3) is 0.345. The number of sulfonamides is 2. The number of anilines is 1. The van der Waals surface area contributed by atoms with Crippen molar-refractivity contribution in [1.29, 1.82) is 0 Å². The van der Waals surface area contributed by atoms with E-state index < -0.39 is 43.9 Å². The molecular formula is C29H34FN3O8S2. The van der Waals surface area contributed by atoms with Crippen molar-refractivity contribution in [3.05, 3.63) is 78.1 Å². The van der Waals surface area contributed by atoms with E-state index in [1.165, 1.54) is 73.7 Å². The number of carbonyl (C=O) groups excluding carboxylic acids is 1. The molecule has 0 fully saturated rings. The third-order valence-corrected chi connectivity index (χ3v) is 10.5. The Kier molecular flexibility index (Phi) is 9.64. The van der Waals surface area contributed by atoms with Crippen LogP contribution in [0.5, 0.6) is 11.5 Å². The Balaban J connectivity index is 1.67. The molecule has 0 bridgehead atoms. The van der Waals surface area contributed by atoms with Crippen LogP contribution in [-0.2, 0) is 20.0 Å². The van der Waals surface area contributed by atoms with Gasteiger partial charge in [-0.15, -0.1) is 0 Å². The third kappa shape index (κ3) is 7.09. The molecule has 0 spiro atoms. The fourth-order valence-corrected chi connectivity index (χ4v) is 6.84. The molecule has 0 aliphatic carbocycles. The number of aliphatic hydroxyl groups excluding tert-OH is 1. The lowest BCUT2D eigenvalue weighted by Gasteiger charge is -2.38. The van der Waals surface area contributed by atoms with Crippen molar-refractivity contribution in [3.63, 3.8) is 0 Å². The number of fused-ring (bicyclic) bond motifs is 1. The Bertz CT molecular complexity index is 1670. The van der Waals surface area contributed by atoms with Crippen molar-refractivity contribution >= 4 is 31.6 Å². The monoisotopic (exact) mass is 635 g/mol. The average Bonchev–Trinajstić information content (AvgIpc) is 2.98. The van der Waals surface area contributed by atoms with Crippen LogP contribution in [0.2, 0.25) is 0 Å². The summed E-state index contributed by atoms with van der Waals surface area (Å²) < 4.78 is 80.8. The van der Waals surface area contributed by atoms with Crippen LogP contribution in [0.15, 0.2) is 76.5 Å². The highest BCUT2D eigenvalue weighted by Gasteiger charge is 2.35. The minimum Gasteiger partial charge on any atom is -0.497 e. The molecule has 1 aliphatic rings. The maximum absolute atomic E-state index is 13.7. The van der Waals surface area contributed by atoms with Crippen LogP contribution in [-0.4, -0.2) is 83.1 Å². The first kappa shape index (κ1) is 32.2. The molecule has 0 unspecified atom stereocenters. The minimum atomic E-state index is -4.02. The summed E-state index contributed by atoms with van der Waals surface area (Å²) in [4.78, 5) is 15.1. The lowest BCUT2D eigenvalue weighted by atomic mass is 9.99. The van der Waals surface area contributed by atoms with Crippen molar-refractivity contribution in [2.24, 2.45) is 5.92 Å².